The molecule has 3 nitrogen and oxygen atoms in total. The van der Waals surface area contributed by atoms with Gasteiger partial charge in [-0.1, -0.05) is 61.5 Å². The third kappa shape index (κ3) is 5.81. The fourth-order valence-electron chi connectivity index (χ4n) is 2.05. The zero-order chi connectivity index (χ0) is 19.2. The van der Waals surface area contributed by atoms with Crippen LogP contribution in [0.5, 0.6) is 0 Å². The van der Waals surface area contributed by atoms with Crippen molar-refractivity contribution in [3.05, 3.63) is 65.7 Å². The molecule has 2 aromatic rings. The van der Waals surface area contributed by atoms with Crippen LogP contribution >= 0.6 is 0 Å². The zero-order valence-electron chi connectivity index (χ0n) is 15.6. The van der Waals surface area contributed by atoms with E-state index in [1.807, 2.05) is 37.3 Å². The third-order valence-electron chi connectivity index (χ3n) is 3.39. The topological polar surface area (TPSA) is 37.4 Å². The third-order valence-corrected chi connectivity index (χ3v) is 5.99. The molecule has 0 N–H and O–H groups in total. The van der Waals surface area contributed by atoms with E-state index in [1.54, 1.807) is 24.3 Å². The molecule has 26 heavy (non-hydrogen) atoms. The Morgan fingerprint density at radius 3 is 2.15 bits per heavy atom. The summed E-state index contributed by atoms with van der Waals surface area (Å²) in [6.45, 7) is 8.33. The van der Waals surface area contributed by atoms with Gasteiger partial charge in [-0.3, -0.25) is 0 Å². The molecule has 5 heteroatoms. The van der Waals surface area contributed by atoms with Crippen LogP contribution in [0, 0.1) is 30.4 Å². The number of aryl methyl sites for hydroxylation is 1. The summed E-state index contributed by atoms with van der Waals surface area (Å²) in [5.41, 5.74) is 4.96. The van der Waals surface area contributed by atoms with Gasteiger partial charge in [0.05, 0.1) is 4.90 Å². The monoisotopic (exact) mass is 381 g/mol. The molecule has 0 saturated heterocycles. The smallest absolute Gasteiger partial charge is 0.212 e. The first-order chi connectivity index (χ1) is 12.2. The normalized spacial score (nSPS) is 10.9. The highest BCUT2D eigenvalue weighted by Gasteiger charge is 2.21. The number of benzene rings is 2. The molecule has 0 aliphatic carbocycles. The van der Waals surface area contributed by atoms with E-state index in [9.17, 15) is 8.42 Å². The molecule has 0 saturated carbocycles. The molecule has 0 heterocycles. The van der Waals surface area contributed by atoms with Crippen LogP contribution in [0.2, 0.25) is 19.6 Å². The molecule has 0 bridgehead atoms. The van der Waals surface area contributed by atoms with E-state index in [0.717, 1.165) is 15.4 Å². The first-order valence-electron chi connectivity index (χ1n) is 8.35. The summed E-state index contributed by atoms with van der Waals surface area (Å²) in [6.07, 6.45) is 0. The lowest BCUT2D eigenvalue weighted by atomic mass is 10.2. The van der Waals surface area contributed by atoms with Crippen molar-refractivity contribution in [2.45, 2.75) is 31.5 Å². The summed E-state index contributed by atoms with van der Waals surface area (Å²) in [5, 5.41) is 0. The lowest BCUT2D eigenvalue weighted by Gasteiger charge is -2.15. The van der Waals surface area contributed by atoms with Crippen LogP contribution in [0.15, 0.2) is 59.5 Å². The number of hydrogen-bond donors (Lipinski definition) is 0. The molecule has 0 radical (unpaired) electrons. The van der Waals surface area contributed by atoms with Crippen molar-refractivity contribution in [1.29, 1.82) is 0 Å². The van der Waals surface area contributed by atoms with Crippen LogP contribution in [0.4, 0.5) is 0 Å². The van der Waals surface area contributed by atoms with Crippen LogP contribution in [-0.2, 0) is 10.0 Å². The summed E-state index contributed by atoms with van der Waals surface area (Å²) in [4.78, 5) is 0.222. The van der Waals surface area contributed by atoms with Crippen LogP contribution in [-0.4, -0.2) is 27.3 Å². The highest BCUT2D eigenvalue weighted by Crippen LogP contribution is 2.15. The van der Waals surface area contributed by atoms with Gasteiger partial charge in [-0.15, -0.1) is 5.54 Å². The van der Waals surface area contributed by atoms with E-state index < -0.39 is 18.1 Å². The second kappa shape index (κ2) is 8.27. The highest BCUT2D eigenvalue weighted by atomic mass is 32.2. The minimum absolute atomic E-state index is 0.0559. The molecule has 0 aromatic heterocycles. The molecular weight excluding hydrogens is 358 g/mol. The predicted molar refractivity (Wildman–Crippen MR) is 110 cm³/mol. The molecular formula is C21H23NO2SSi. The molecule has 2 aromatic carbocycles. The van der Waals surface area contributed by atoms with Gasteiger partial charge >= 0.3 is 0 Å². The summed E-state index contributed by atoms with van der Waals surface area (Å²) in [6, 6.07) is 18.9. The molecule has 0 fully saturated rings. The van der Waals surface area contributed by atoms with Gasteiger partial charge < -0.3 is 0 Å². The summed E-state index contributed by atoms with van der Waals surface area (Å²) < 4.78 is 27.1. The quantitative estimate of drug-likeness (QED) is 0.460. The fourth-order valence-corrected chi connectivity index (χ4v) is 3.79. The Labute approximate surface area is 158 Å². The first kappa shape index (κ1) is 19.8. The van der Waals surface area contributed by atoms with E-state index in [0.29, 0.717) is 0 Å². The van der Waals surface area contributed by atoms with Gasteiger partial charge in [0.25, 0.3) is 10.0 Å². The van der Waals surface area contributed by atoms with Crippen LogP contribution < -0.4 is 0 Å². The van der Waals surface area contributed by atoms with E-state index in [1.165, 1.54) is 0 Å². The lowest BCUT2D eigenvalue weighted by Crippen LogP contribution is -2.27. The van der Waals surface area contributed by atoms with Crippen molar-refractivity contribution in [3.8, 4) is 23.4 Å². The number of hydrogen-bond acceptors (Lipinski definition) is 2. The van der Waals surface area contributed by atoms with Crippen molar-refractivity contribution in [2.24, 2.45) is 0 Å². The summed E-state index contributed by atoms with van der Waals surface area (Å²) in [5.74, 6) is 5.92. The molecule has 134 valence electrons. The lowest BCUT2D eigenvalue weighted by molar-refractivity contribution is 0.535. The van der Waals surface area contributed by atoms with Crippen molar-refractivity contribution in [1.82, 2.24) is 4.31 Å². The van der Waals surface area contributed by atoms with E-state index in [4.69, 9.17) is 0 Å². The zero-order valence-corrected chi connectivity index (χ0v) is 17.4. The van der Waals surface area contributed by atoms with E-state index in [-0.39, 0.29) is 11.4 Å². The largest absolute Gasteiger partial charge is 0.271 e. The molecule has 2 rings (SSSR count). The maximum absolute atomic E-state index is 13.0. The van der Waals surface area contributed by atoms with Gasteiger partial charge in [-0.05, 0) is 37.1 Å². The maximum atomic E-state index is 13.0. The summed E-state index contributed by atoms with van der Waals surface area (Å²) in [7, 11) is -5.32. The number of sulfonamides is 1. The minimum Gasteiger partial charge on any atom is -0.212 e. The Kier molecular flexibility index (Phi) is 6.31. The molecule has 0 spiro atoms. The molecule has 0 aliphatic heterocycles. The molecule has 0 atom stereocenters. The Morgan fingerprint density at radius 2 is 1.58 bits per heavy atom. The van der Waals surface area contributed by atoms with Gasteiger partial charge in [0.1, 0.15) is 14.6 Å². The molecule has 0 amide bonds. The van der Waals surface area contributed by atoms with Crippen molar-refractivity contribution < 1.29 is 8.42 Å². The average Bonchev–Trinajstić information content (AvgIpc) is 2.58. The van der Waals surface area contributed by atoms with Gasteiger partial charge in [-0.2, -0.15) is 0 Å². The predicted octanol–water partition coefficient (Wildman–Crippen LogP) is 3.88. The minimum atomic E-state index is -3.73. The first-order valence-corrected chi connectivity index (χ1v) is 13.3. The van der Waals surface area contributed by atoms with Gasteiger partial charge in [0, 0.05) is 11.6 Å². The van der Waals surface area contributed by atoms with Crippen molar-refractivity contribution in [2.75, 3.05) is 6.54 Å². The van der Waals surface area contributed by atoms with Crippen LogP contribution in [0.3, 0.4) is 0 Å². The van der Waals surface area contributed by atoms with Crippen LogP contribution in [0.25, 0.3) is 0 Å². The molecule has 0 unspecified atom stereocenters. The fraction of sp³-hybridized carbons (Fsp3) is 0.238. The van der Waals surface area contributed by atoms with E-state index >= 15 is 0 Å². The second-order valence-corrected chi connectivity index (χ2v) is 13.6. The Hall–Kier alpha value is -2.47. The Morgan fingerprint density at radius 1 is 0.962 bits per heavy atom. The standard InChI is InChI=1S/C21H23NO2SSi/c1-19-11-13-21(14-12-19)25(23,24)22(16-8-18-26(2,3)4)17-15-20-9-6-5-7-10-20/h5-7,9-14H,16H2,1-4H3. The molecule has 0 aliphatic rings. The Balaban J connectivity index is 2.40. The van der Waals surface area contributed by atoms with Crippen LogP contribution in [0.1, 0.15) is 11.1 Å². The average molecular weight is 382 g/mol. The van der Waals surface area contributed by atoms with Gasteiger partial charge in [0.2, 0.25) is 0 Å². The van der Waals surface area contributed by atoms with Gasteiger partial charge in [0.15, 0.2) is 0 Å². The SMILES string of the molecule is Cc1ccc(S(=O)(=O)N(C#Cc2ccccc2)CC#C[Si](C)(C)C)cc1. The van der Waals surface area contributed by atoms with Crippen molar-refractivity contribution >= 4 is 18.1 Å². The second-order valence-electron chi connectivity index (χ2n) is 6.98. The van der Waals surface area contributed by atoms with Gasteiger partial charge in [-0.25, -0.2) is 12.7 Å². The maximum Gasteiger partial charge on any atom is 0.271 e. The summed E-state index contributed by atoms with van der Waals surface area (Å²) >= 11 is 0. The number of nitrogens with zero attached hydrogens (tertiary/aromatic N) is 1. The highest BCUT2D eigenvalue weighted by molar-refractivity contribution is 7.89. The van der Waals surface area contributed by atoms with Crippen molar-refractivity contribution in [3.63, 3.8) is 0 Å². The Bertz CT molecular complexity index is 968. The number of rotatable bonds is 3. The van der Waals surface area contributed by atoms with E-state index in [2.05, 4.69) is 43.1 Å².